The van der Waals surface area contributed by atoms with Crippen molar-refractivity contribution in [3.8, 4) is 16.9 Å². The normalized spacial score (nSPS) is 20.4. The minimum Gasteiger partial charge on any atom is -0.494 e. The first-order valence-corrected chi connectivity index (χ1v) is 10.5. The average Bonchev–Trinajstić information content (AvgIpc) is 2.80. The molecule has 29 heavy (non-hydrogen) atoms. The number of morpholine rings is 1. The summed E-state index contributed by atoms with van der Waals surface area (Å²) in [6.07, 6.45) is 6.81. The summed E-state index contributed by atoms with van der Waals surface area (Å²) >= 11 is 0. The molecule has 1 aromatic carbocycles. The van der Waals surface area contributed by atoms with Crippen molar-refractivity contribution in [2.45, 2.75) is 25.3 Å². The van der Waals surface area contributed by atoms with Gasteiger partial charge in [-0.05, 0) is 43.0 Å². The van der Waals surface area contributed by atoms with E-state index in [9.17, 15) is 4.79 Å². The van der Waals surface area contributed by atoms with Crippen molar-refractivity contribution in [1.82, 2.24) is 14.8 Å². The van der Waals surface area contributed by atoms with E-state index in [1.807, 2.05) is 30.3 Å². The van der Waals surface area contributed by atoms with Crippen molar-refractivity contribution in [3.63, 3.8) is 0 Å². The van der Waals surface area contributed by atoms with E-state index in [2.05, 4.69) is 14.8 Å². The molecule has 154 valence electrons. The first kappa shape index (κ1) is 19.9. The lowest BCUT2D eigenvalue weighted by Gasteiger charge is -2.39. The molecule has 6 heteroatoms. The number of carbonyl (C=O) groups is 1. The number of nitrogens with zero attached hydrogens (tertiary/aromatic N) is 3. The topological polar surface area (TPSA) is 54.9 Å². The maximum atomic E-state index is 13.3. The van der Waals surface area contributed by atoms with Gasteiger partial charge < -0.3 is 14.4 Å². The van der Waals surface area contributed by atoms with Crippen LogP contribution in [0.25, 0.3) is 11.1 Å². The zero-order valence-corrected chi connectivity index (χ0v) is 17.0. The summed E-state index contributed by atoms with van der Waals surface area (Å²) in [6, 6.07) is 10.1. The largest absolute Gasteiger partial charge is 0.494 e. The number of amides is 1. The van der Waals surface area contributed by atoms with Crippen LogP contribution in [-0.4, -0.2) is 73.2 Å². The summed E-state index contributed by atoms with van der Waals surface area (Å²) in [4.78, 5) is 21.9. The van der Waals surface area contributed by atoms with Crippen LogP contribution in [0.2, 0.25) is 0 Å². The van der Waals surface area contributed by atoms with E-state index in [1.165, 1.54) is 6.42 Å². The van der Waals surface area contributed by atoms with E-state index < -0.39 is 0 Å². The van der Waals surface area contributed by atoms with Crippen molar-refractivity contribution in [2.24, 2.45) is 0 Å². The molecule has 2 saturated heterocycles. The second-order valence-corrected chi connectivity index (χ2v) is 7.71. The number of aromatic nitrogens is 1. The van der Waals surface area contributed by atoms with Gasteiger partial charge in [0.2, 0.25) is 0 Å². The van der Waals surface area contributed by atoms with E-state index in [4.69, 9.17) is 9.47 Å². The Labute approximate surface area is 172 Å². The van der Waals surface area contributed by atoms with E-state index in [1.54, 1.807) is 19.5 Å². The SMILES string of the molecule is COc1cnccc1-c1ccc(C(=O)N2CCCCC2CN2CCOCC2)cc1. The van der Waals surface area contributed by atoms with Gasteiger partial charge in [0.25, 0.3) is 5.91 Å². The average molecular weight is 396 g/mol. The lowest BCUT2D eigenvalue weighted by Crippen LogP contribution is -2.51. The minimum atomic E-state index is 0.135. The van der Waals surface area contributed by atoms with Crippen molar-refractivity contribution in [2.75, 3.05) is 46.5 Å². The van der Waals surface area contributed by atoms with Crippen molar-refractivity contribution < 1.29 is 14.3 Å². The van der Waals surface area contributed by atoms with Crippen LogP contribution in [0.3, 0.4) is 0 Å². The summed E-state index contributed by atoms with van der Waals surface area (Å²) in [5.41, 5.74) is 2.74. The van der Waals surface area contributed by atoms with Gasteiger partial charge in [-0.1, -0.05) is 12.1 Å². The zero-order chi connectivity index (χ0) is 20.1. The van der Waals surface area contributed by atoms with E-state index >= 15 is 0 Å². The summed E-state index contributed by atoms with van der Waals surface area (Å²) < 4.78 is 10.9. The van der Waals surface area contributed by atoms with Crippen LogP contribution < -0.4 is 4.74 Å². The molecule has 0 spiro atoms. The Morgan fingerprint density at radius 1 is 1.14 bits per heavy atom. The number of hydrogen-bond donors (Lipinski definition) is 0. The minimum absolute atomic E-state index is 0.135. The molecule has 4 rings (SSSR count). The fourth-order valence-electron chi connectivity index (χ4n) is 4.28. The fourth-order valence-corrected chi connectivity index (χ4v) is 4.28. The maximum Gasteiger partial charge on any atom is 0.254 e. The van der Waals surface area contributed by atoms with Crippen LogP contribution in [0.5, 0.6) is 5.75 Å². The molecule has 6 nitrogen and oxygen atoms in total. The number of pyridine rings is 1. The monoisotopic (exact) mass is 395 g/mol. The standard InChI is InChI=1S/C23H29N3O3/c1-28-22-16-24-10-9-21(22)18-5-7-19(8-6-18)23(27)26-11-3-2-4-20(26)17-25-12-14-29-15-13-25/h5-10,16,20H,2-4,11-15,17H2,1H3. The number of rotatable bonds is 5. The van der Waals surface area contributed by atoms with Gasteiger partial charge in [-0.15, -0.1) is 0 Å². The molecule has 2 fully saturated rings. The van der Waals surface area contributed by atoms with Gasteiger partial charge in [-0.25, -0.2) is 0 Å². The zero-order valence-electron chi connectivity index (χ0n) is 17.0. The van der Waals surface area contributed by atoms with Crippen molar-refractivity contribution in [3.05, 3.63) is 48.3 Å². The van der Waals surface area contributed by atoms with Gasteiger partial charge in [0.15, 0.2) is 0 Å². The summed E-state index contributed by atoms with van der Waals surface area (Å²) in [5.74, 6) is 0.865. The smallest absolute Gasteiger partial charge is 0.254 e. The summed E-state index contributed by atoms with van der Waals surface area (Å²) in [6.45, 7) is 5.29. The number of likely N-dealkylation sites (tertiary alicyclic amines) is 1. The highest BCUT2D eigenvalue weighted by Crippen LogP contribution is 2.29. The van der Waals surface area contributed by atoms with E-state index in [-0.39, 0.29) is 11.9 Å². The van der Waals surface area contributed by atoms with Crippen LogP contribution in [0.15, 0.2) is 42.7 Å². The molecular weight excluding hydrogens is 366 g/mol. The molecular formula is C23H29N3O3. The Balaban J connectivity index is 1.48. The molecule has 0 radical (unpaired) electrons. The van der Waals surface area contributed by atoms with Crippen LogP contribution in [0, 0.1) is 0 Å². The highest BCUT2D eigenvalue weighted by atomic mass is 16.5. The molecule has 0 N–H and O–H groups in total. The second kappa shape index (κ2) is 9.37. The number of hydrogen-bond acceptors (Lipinski definition) is 5. The Bertz CT molecular complexity index is 818. The highest BCUT2D eigenvalue weighted by Gasteiger charge is 2.29. The van der Waals surface area contributed by atoms with Crippen molar-refractivity contribution >= 4 is 5.91 Å². The van der Waals surface area contributed by atoms with Gasteiger partial charge in [0.1, 0.15) is 5.75 Å². The Morgan fingerprint density at radius 3 is 2.69 bits per heavy atom. The Kier molecular flexibility index (Phi) is 6.42. The Morgan fingerprint density at radius 2 is 1.93 bits per heavy atom. The summed E-state index contributed by atoms with van der Waals surface area (Å²) in [5, 5.41) is 0. The molecule has 1 atom stereocenters. The van der Waals surface area contributed by atoms with Gasteiger partial charge in [0, 0.05) is 49.5 Å². The fraction of sp³-hybridized carbons (Fsp3) is 0.478. The molecule has 2 aliphatic rings. The Hall–Kier alpha value is -2.44. The van der Waals surface area contributed by atoms with Crippen LogP contribution in [0.1, 0.15) is 29.6 Å². The maximum absolute atomic E-state index is 13.3. The number of piperidine rings is 1. The molecule has 1 amide bonds. The predicted molar refractivity (Wildman–Crippen MR) is 112 cm³/mol. The van der Waals surface area contributed by atoms with Gasteiger partial charge in [-0.2, -0.15) is 0 Å². The molecule has 3 heterocycles. The highest BCUT2D eigenvalue weighted by molar-refractivity contribution is 5.95. The number of benzene rings is 1. The molecule has 0 aliphatic carbocycles. The third-order valence-electron chi connectivity index (χ3n) is 5.91. The lowest BCUT2D eigenvalue weighted by molar-refractivity contribution is 0.0166. The summed E-state index contributed by atoms with van der Waals surface area (Å²) in [7, 11) is 1.64. The molecule has 0 saturated carbocycles. The van der Waals surface area contributed by atoms with Crippen LogP contribution >= 0.6 is 0 Å². The van der Waals surface area contributed by atoms with Gasteiger partial charge >= 0.3 is 0 Å². The lowest BCUT2D eigenvalue weighted by atomic mass is 9.99. The predicted octanol–water partition coefficient (Wildman–Crippen LogP) is 3.08. The third-order valence-corrected chi connectivity index (χ3v) is 5.91. The number of carbonyl (C=O) groups excluding carboxylic acids is 1. The molecule has 2 aromatic rings. The van der Waals surface area contributed by atoms with Gasteiger partial charge in [0.05, 0.1) is 26.5 Å². The number of ether oxygens (including phenoxy) is 2. The first-order valence-electron chi connectivity index (χ1n) is 10.5. The third kappa shape index (κ3) is 4.60. The molecule has 2 aliphatic heterocycles. The quantitative estimate of drug-likeness (QED) is 0.779. The molecule has 1 aromatic heterocycles. The van der Waals surface area contributed by atoms with E-state index in [0.717, 1.165) is 74.7 Å². The number of methoxy groups -OCH3 is 1. The first-order chi connectivity index (χ1) is 14.3. The van der Waals surface area contributed by atoms with Crippen LogP contribution in [0.4, 0.5) is 0 Å². The van der Waals surface area contributed by atoms with E-state index in [0.29, 0.717) is 0 Å². The van der Waals surface area contributed by atoms with Crippen molar-refractivity contribution in [1.29, 1.82) is 0 Å². The molecule has 1 unspecified atom stereocenters. The second-order valence-electron chi connectivity index (χ2n) is 7.71. The molecule has 0 bridgehead atoms. The van der Waals surface area contributed by atoms with Gasteiger partial charge in [-0.3, -0.25) is 14.7 Å². The van der Waals surface area contributed by atoms with Crippen LogP contribution in [-0.2, 0) is 4.74 Å².